The smallest absolute Gasteiger partial charge is 0.326 e. The summed E-state index contributed by atoms with van der Waals surface area (Å²) >= 11 is 0. The standard InChI is InChI=1S/C12H24N2O3/c1-4-6-9(7-13)11(15)14-10(12(16)17)8(3)5-2/h8-10H,4-7,13H2,1-3H3,(H,14,15)(H,16,17)/t8-,9?,10-/m0/s1. The molecule has 0 aromatic rings. The Morgan fingerprint density at radius 1 is 1.35 bits per heavy atom. The van der Waals surface area contributed by atoms with E-state index in [0.29, 0.717) is 12.8 Å². The van der Waals surface area contributed by atoms with E-state index in [1.54, 1.807) is 0 Å². The number of carboxylic acids is 1. The minimum Gasteiger partial charge on any atom is -0.480 e. The SMILES string of the molecule is CCCC(CN)C(=O)N[C@H](C(=O)O)[C@@H](C)CC. The zero-order valence-corrected chi connectivity index (χ0v) is 10.9. The number of carboxylic acid groups (broad SMARTS) is 1. The predicted octanol–water partition coefficient (Wildman–Crippen LogP) is 0.977. The summed E-state index contributed by atoms with van der Waals surface area (Å²) in [6, 6.07) is -0.821. The fourth-order valence-electron chi connectivity index (χ4n) is 1.66. The van der Waals surface area contributed by atoms with Crippen LogP contribution in [0.25, 0.3) is 0 Å². The fourth-order valence-corrected chi connectivity index (χ4v) is 1.66. The quantitative estimate of drug-likeness (QED) is 0.593. The van der Waals surface area contributed by atoms with Crippen molar-refractivity contribution in [2.75, 3.05) is 6.54 Å². The van der Waals surface area contributed by atoms with Gasteiger partial charge < -0.3 is 16.2 Å². The minimum atomic E-state index is -0.986. The van der Waals surface area contributed by atoms with Crippen LogP contribution in [0.4, 0.5) is 0 Å². The first-order valence-corrected chi connectivity index (χ1v) is 6.21. The van der Waals surface area contributed by atoms with Gasteiger partial charge in [-0.15, -0.1) is 0 Å². The van der Waals surface area contributed by atoms with Crippen LogP contribution in [-0.2, 0) is 9.59 Å². The van der Waals surface area contributed by atoms with Crippen molar-refractivity contribution in [3.63, 3.8) is 0 Å². The molecule has 0 aliphatic heterocycles. The Morgan fingerprint density at radius 2 is 1.94 bits per heavy atom. The van der Waals surface area contributed by atoms with E-state index in [1.165, 1.54) is 0 Å². The third-order valence-corrected chi connectivity index (χ3v) is 3.07. The minimum absolute atomic E-state index is 0.0866. The number of aliphatic carboxylic acids is 1. The highest BCUT2D eigenvalue weighted by molar-refractivity contribution is 5.85. The third-order valence-electron chi connectivity index (χ3n) is 3.07. The molecule has 100 valence electrons. The summed E-state index contributed by atoms with van der Waals surface area (Å²) in [4.78, 5) is 22.9. The van der Waals surface area contributed by atoms with Crippen LogP contribution in [0.2, 0.25) is 0 Å². The maximum absolute atomic E-state index is 11.8. The van der Waals surface area contributed by atoms with E-state index >= 15 is 0 Å². The largest absolute Gasteiger partial charge is 0.480 e. The van der Waals surface area contributed by atoms with Crippen LogP contribution in [0, 0.1) is 11.8 Å². The molecule has 1 amide bonds. The molecule has 0 aromatic carbocycles. The summed E-state index contributed by atoms with van der Waals surface area (Å²) in [6.45, 7) is 5.95. The third kappa shape index (κ3) is 5.17. The van der Waals surface area contributed by atoms with Gasteiger partial charge in [0.05, 0.1) is 5.92 Å². The second-order valence-electron chi connectivity index (χ2n) is 4.43. The average Bonchev–Trinajstić information content (AvgIpc) is 2.31. The molecule has 0 aliphatic rings. The molecule has 0 saturated heterocycles. The van der Waals surface area contributed by atoms with Crippen LogP contribution in [-0.4, -0.2) is 29.6 Å². The number of amides is 1. The monoisotopic (exact) mass is 244 g/mol. The molecule has 3 atom stereocenters. The van der Waals surface area contributed by atoms with Crippen LogP contribution in [0.5, 0.6) is 0 Å². The van der Waals surface area contributed by atoms with Gasteiger partial charge in [0.2, 0.25) is 5.91 Å². The van der Waals surface area contributed by atoms with Crippen molar-refractivity contribution in [3.05, 3.63) is 0 Å². The van der Waals surface area contributed by atoms with Crippen molar-refractivity contribution in [2.24, 2.45) is 17.6 Å². The van der Waals surface area contributed by atoms with E-state index in [-0.39, 0.29) is 24.3 Å². The number of nitrogens with two attached hydrogens (primary N) is 1. The number of carbonyl (C=O) groups excluding carboxylic acids is 1. The Hall–Kier alpha value is -1.10. The molecule has 0 heterocycles. The lowest BCUT2D eigenvalue weighted by molar-refractivity contribution is -0.144. The molecule has 5 nitrogen and oxygen atoms in total. The lowest BCUT2D eigenvalue weighted by atomic mass is 9.97. The Bertz CT molecular complexity index is 256. The first-order chi connectivity index (χ1) is 7.97. The molecule has 4 N–H and O–H groups in total. The molecule has 0 spiro atoms. The fraction of sp³-hybridized carbons (Fsp3) is 0.833. The van der Waals surface area contributed by atoms with E-state index in [9.17, 15) is 9.59 Å². The Balaban J connectivity index is 4.53. The topological polar surface area (TPSA) is 92.4 Å². The number of rotatable bonds is 8. The molecule has 5 heteroatoms. The lowest BCUT2D eigenvalue weighted by Crippen LogP contribution is -2.48. The molecule has 0 aliphatic carbocycles. The van der Waals surface area contributed by atoms with Gasteiger partial charge in [-0.2, -0.15) is 0 Å². The maximum Gasteiger partial charge on any atom is 0.326 e. The molecule has 1 unspecified atom stereocenters. The summed E-state index contributed by atoms with van der Waals surface area (Å²) in [5.41, 5.74) is 5.51. The summed E-state index contributed by atoms with van der Waals surface area (Å²) in [5, 5.41) is 11.6. The summed E-state index contributed by atoms with van der Waals surface area (Å²) in [6.07, 6.45) is 2.25. The summed E-state index contributed by atoms with van der Waals surface area (Å²) < 4.78 is 0. The molecular formula is C12H24N2O3. The Labute approximate surface area is 103 Å². The lowest BCUT2D eigenvalue weighted by Gasteiger charge is -2.23. The first kappa shape index (κ1) is 15.9. The molecule has 17 heavy (non-hydrogen) atoms. The highest BCUT2D eigenvalue weighted by Gasteiger charge is 2.27. The van der Waals surface area contributed by atoms with Crippen LogP contribution in [0.1, 0.15) is 40.0 Å². The van der Waals surface area contributed by atoms with Crippen molar-refractivity contribution in [1.29, 1.82) is 0 Å². The molecular weight excluding hydrogens is 220 g/mol. The maximum atomic E-state index is 11.8. The van der Waals surface area contributed by atoms with Gasteiger partial charge in [0, 0.05) is 6.54 Å². The van der Waals surface area contributed by atoms with Gasteiger partial charge >= 0.3 is 5.97 Å². The predicted molar refractivity (Wildman–Crippen MR) is 66.5 cm³/mol. The van der Waals surface area contributed by atoms with Crippen LogP contribution < -0.4 is 11.1 Å². The van der Waals surface area contributed by atoms with Gasteiger partial charge in [-0.05, 0) is 12.3 Å². The molecule has 0 aromatic heterocycles. The molecule has 0 radical (unpaired) electrons. The average molecular weight is 244 g/mol. The van der Waals surface area contributed by atoms with Crippen molar-refractivity contribution < 1.29 is 14.7 Å². The molecule has 0 saturated carbocycles. The van der Waals surface area contributed by atoms with Gasteiger partial charge in [-0.3, -0.25) is 4.79 Å². The van der Waals surface area contributed by atoms with E-state index in [0.717, 1.165) is 6.42 Å². The molecule has 0 fully saturated rings. The number of carbonyl (C=O) groups is 2. The molecule has 0 rings (SSSR count). The van der Waals surface area contributed by atoms with E-state index in [2.05, 4.69) is 5.32 Å². The van der Waals surface area contributed by atoms with Crippen molar-refractivity contribution >= 4 is 11.9 Å². The van der Waals surface area contributed by atoms with Gasteiger partial charge in [0.25, 0.3) is 0 Å². The van der Waals surface area contributed by atoms with Crippen LogP contribution >= 0.6 is 0 Å². The second kappa shape index (κ2) is 8.06. The Morgan fingerprint density at radius 3 is 2.29 bits per heavy atom. The number of hydrogen-bond acceptors (Lipinski definition) is 3. The van der Waals surface area contributed by atoms with Gasteiger partial charge in [-0.1, -0.05) is 33.6 Å². The van der Waals surface area contributed by atoms with Crippen molar-refractivity contribution in [3.8, 4) is 0 Å². The second-order valence-corrected chi connectivity index (χ2v) is 4.43. The van der Waals surface area contributed by atoms with Gasteiger partial charge in [0.1, 0.15) is 6.04 Å². The summed E-state index contributed by atoms with van der Waals surface area (Å²) in [7, 11) is 0. The summed E-state index contributed by atoms with van der Waals surface area (Å²) in [5.74, 6) is -1.61. The van der Waals surface area contributed by atoms with Gasteiger partial charge in [0.15, 0.2) is 0 Å². The van der Waals surface area contributed by atoms with Crippen LogP contribution in [0.3, 0.4) is 0 Å². The first-order valence-electron chi connectivity index (χ1n) is 6.21. The highest BCUT2D eigenvalue weighted by Crippen LogP contribution is 2.11. The normalized spacial score (nSPS) is 16.0. The molecule has 0 bridgehead atoms. The van der Waals surface area contributed by atoms with E-state index in [4.69, 9.17) is 10.8 Å². The number of hydrogen-bond donors (Lipinski definition) is 3. The van der Waals surface area contributed by atoms with Crippen LogP contribution in [0.15, 0.2) is 0 Å². The van der Waals surface area contributed by atoms with E-state index < -0.39 is 12.0 Å². The number of nitrogens with one attached hydrogen (secondary N) is 1. The zero-order chi connectivity index (χ0) is 13.4. The van der Waals surface area contributed by atoms with Crippen molar-refractivity contribution in [2.45, 2.75) is 46.1 Å². The van der Waals surface area contributed by atoms with Crippen molar-refractivity contribution in [1.82, 2.24) is 5.32 Å². The highest BCUT2D eigenvalue weighted by atomic mass is 16.4. The van der Waals surface area contributed by atoms with E-state index in [1.807, 2.05) is 20.8 Å². The van der Waals surface area contributed by atoms with Gasteiger partial charge in [-0.25, -0.2) is 4.79 Å². The Kier molecular flexibility index (Phi) is 7.54. The zero-order valence-electron chi connectivity index (χ0n) is 10.9.